The lowest BCUT2D eigenvalue weighted by atomic mass is 10.1. The number of thiophene rings is 1. The van der Waals surface area contributed by atoms with E-state index in [0.717, 1.165) is 41.2 Å². The summed E-state index contributed by atoms with van der Waals surface area (Å²) in [5.41, 5.74) is 3.04. The van der Waals surface area contributed by atoms with Crippen LogP contribution in [0, 0.1) is 11.3 Å². The van der Waals surface area contributed by atoms with Crippen LogP contribution in [0.3, 0.4) is 0 Å². The van der Waals surface area contributed by atoms with E-state index in [0.29, 0.717) is 0 Å². The molecule has 0 atom stereocenters. The molecule has 0 saturated carbocycles. The minimum atomic E-state index is 0.786. The standard InChI is InChI=1S/C19H18N4S2/c1-24-14-9-7-13(8-10-14)18-21-12-22-23(18)19-16(11-20)15-5-3-2-4-6-17(15)25-19/h7-10,12H,2-6H2,1H3. The molecular formula is C19H18N4S2. The first-order valence-corrected chi connectivity index (χ1v) is 10.5. The van der Waals surface area contributed by atoms with Gasteiger partial charge in [0, 0.05) is 15.3 Å². The minimum Gasteiger partial charge on any atom is -0.215 e. The van der Waals surface area contributed by atoms with Crippen LogP contribution in [-0.2, 0) is 12.8 Å². The Balaban J connectivity index is 1.81. The molecule has 0 unspecified atom stereocenters. The number of fused-ring (bicyclic) bond motifs is 1. The van der Waals surface area contributed by atoms with Gasteiger partial charge in [-0.15, -0.1) is 23.1 Å². The highest BCUT2D eigenvalue weighted by Gasteiger charge is 2.23. The molecule has 1 aromatic carbocycles. The maximum atomic E-state index is 9.78. The van der Waals surface area contributed by atoms with Crippen LogP contribution in [-0.4, -0.2) is 21.0 Å². The third kappa shape index (κ3) is 2.99. The van der Waals surface area contributed by atoms with Crippen molar-refractivity contribution >= 4 is 23.1 Å². The van der Waals surface area contributed by atoms with Crippen molar-refractivity contribution in [3.63, 3.8) is 0 Å². The first kappa shape index (κ1) is 16.4. The van der Waals surface area contributed by atoms with Gasteiger partial charge in [0.15, 0.2) is 5.82 Å². The summed E-state index contributed by atoms with van der Waals surface area (Å²) in [6.07, 6.45) is 9.33. The van der Waals surface area contributed by atoms with Crippen molar-refractivity contribution in [1.29, 1.82) is 5.26 Å². The summed E-state index contributed by atoms with van der Waals surface area (Å²) in [5.74, 6) is 0.792. The molecule has 0 N–H and O–H groups in total. The Bertz CT molecular complexity index is 931. The fourth-order valence-corrected chi connectivity index (χ4v) is 5.03. The summed E-state index contributed by atoms with van der Waals surface area (Å²) in [6.45, 7) is 0. The van der Waals surface area contributed by atoms with Gasteiger partial charge < -0.3 is 0 Å². The maximum Gasteiger partial charge on any atom is 0.164 e. The molecule has 0 spiro atoms. The molecule has 0 fully saturated rings. The monoisotopic (exact) mass is 366 g/mol. The van der Waals surface area contributed by atoms with E-state index < -0.39 is 0 Å². The Morgan fingerprint density at radius 3 is 2.72 bits per heavy atom. The van der Waals surface area contributed by atoms with Crippen molar-refractivity contribution in [3.8, 4) is 22.5 Å². The van der Waals surface area contributed by atoms with Crippen molar-refractivity contribution < 1.29 is 0 Å². The maximum absolute atomic E-state index is 9.78. The van der Waals surface area contributed by atoms with Crippen LogP contribution in [0.4, 0.5) is 0 Å². The zero-order chi connectivity index (χ0) is 17.2. The number of thioether (sulfide) groups is 1. The molecule has 6 heteroatoms. The second-order valence-electron chi connectivity index (χ2n) is 6.08. The van der Waals surface area contributed by atoms with Crippen molar-refractivity contribution in [3.05, 3.63) is 46.6 Å². The fraction of sp³-hybridized carbons (Fsp3) is 0.316. The van der Waals surface area contributed by atoms with E-state index in [1.165, 1.54) is 28.2 Å². The predicted molar refractivity (Wildman–Crippen MR) is 102 cm³/mol. The van der Waals surface area contributed by atoms with Crippen LogP contribution >= 0.6 is 23.1 Å². The van der Waals surface area contributed by atoms with Crippen molar-refractivity contribution in [1.82, 2.24) is 14.8 Å². The normalized spacial score (nSPS) is 13.9. The first-order chi connectivity index (χ1) is 12.3. The lowest BCUT2D eigenvalue weighted by Crippen LogP contribution is -2.00. The molecule has 126 valence electrons. The van der Waals surface area contributed by atoms with Crippen LogP contribution in [0.2, 0.25) is 0 Å². The number of aromatic nitrogens is 3. The van der Waals surface area contributed by atoms with Crippen LogP contribution in [0.1, 0.15) is 35.3 Å². The molecule has 0 saturated heterocycles. The van der Waals surface area contributed by atoms with Crippen molar-refractivity contribution in [2.75, 3.05) is 6.26 Å². The van der Waals surface area contributed by atoms with E-state index in [1.54, 1.807) is 29.4 Å². The van der Waals surface area contributed by atoms with Crippen molar-refractivity contribution in [2.45, 2.75) is 37.0 Å². The molecule has 0 amide bonds. The van der Waals surface area contributed by atoms with E-state index in [9.17, 15) is 5.26 Å². The highest BCUT2D eigenvalue weighted by molar-refractivity contribution is 7.98. The Kier molecular flexibility index (Phi) is 4.60. The molecule has 3 aromatic rings. The summed E-state index contributed by atoms with van der Waals surface area (Å²) in [7, 11) is 0. The molecule has 2 heterocycles. The molecule has 0 radical (unpaired) electrons. The van der Waals surface area contributed by atoms with Crippen molar-refractivity contribution in [2.24, 2.45) is 0 Å². The molecule has 0 bridgehead atoms. The Labute approximate surface area is 155 Å². The Morgan fingerprint density at radius 1 is 1.16 bits per heavy atom. The highest BCUT2D eigenvalue weighted by Crippen LogP contribution is 2.37. The van der Waals surface area contributed by atoms with Crippen LogP contribution in [0.5, 0.6) is 0 Å². The summed E-state index contributed by atoms with van der Waals surface area (Å²) in [6, 6.07) is 10.8. The van der Waals surface area contributed by atoms with E-state index >= 15 is 0 Å². The van der Waals surface area contributed by atoms with E-state index in [2.05, 4.69) is 46.7 Å². The second kappa shape index (κ2) is 7.03. The number of rotatable bonds is 3. The summed E-state index contributed by atoms with van der Waals surface area (Å²) in [5, 5.41) is 15.1. The van der Waals surface area contributed by atoms with Gasteiger partial charge in [0.25, 0.3) is 0 Å². The zero-order valence-electron chi connectivity index (χ0n) is 14.0. The molecule has 0 aliphatic heterocycles. The molecule has 1 aliphatic rings. The molecule has 4 rings (SSSR count). The van der Waals surface area contributed by atoms with E-state index in [-0.39, 0.29) is 0 Å². The van der Waals surface area contributed by atoms with Gasteiger partial charge in [-0.05, 0) is 49.6 Å². The number of nitrogens with zero attached hydrogens (tertiary/aromatic N) is 4. The van der Waals surface area contributed by atoms with Gasteiger partial charge in [-0.2, -0.15) is 10.4 Å². The summed E-state index contributed by atoms with van der Waals surface area (Å²) >= 11 is 3.43. The first-order valence-electron chi connectivity index (χ1n) is 8.41. The van der Waals surface area contributed by atoms with Gasteiger partial charge in [0.05, 0.1) is 5.56 Å². The quantitative estimate of drug-likeness (QED) is 0.491. The lowest BCUT2D eigenvalue weighted by molar-refractivity contribution is 0.712. The SMILES string of the molecule is CSc1ccc(-c2ncnn2-c2sc3c(c2C#N)CCCCC3)cc1. The predicted octanol–water partition coefficient (Wildman–Crippen LogP) is 4.86. The topological polar surface area (TPSA) is 54.5 Å². The van der Waals surface area contributed by atoms with Gasteiger partial charge in [-0.1, -0.05) is 18.6 Å². The van der Waals surface area contributed by atoms with Gasteiger partial charge in [-0.3, -0.25) is 0 Å². The second-order valence-corrected chi connectivity index (χ2v) is 8.04. The Morgan fingerprint density at radius 2 is 1.96 bits per heavy atom. The molecular weight excluding hydrogens is 348 g/mol. The molecule has 4 nitrogen and oxygen atoms in total. The van der Waals surface area contributed by atoms with Gasteiger partial charge in [0.2, 0.25) is 0 Å². The molecule has 2 aromatic heterocycles. The van der Waals surface area contributed by atoms with Crippen LogP contribution < -0.4 is 0 Å². The van der Waals surface area contributed by atoms with Gasteiger partial charge in [0.1, 0.15) is 17.4 Å². The minimum absolute atomic E-state index is 0.786. The van der Waals surface area contributed by atoms with Gasteiger partial charge >= 0.3 is 0 Å². The Hall–Kier alpha value is -2.10. The molecule has 25 heavy (non-hydrogen) atoms. The summed E-state index contributed by atoms with van der Waals surface area (Å²) in [4.78, 5) is 7.03. The zero-order valence-corrected chi connectivity index (χ0v) is 15.7. The number of hydrogen-bond donors (Lipinski definition) is 0. The third-order valence-corrected chi connectivity index (χ3v) is 6.61. The fourth-order valence-electron chi connectivity index (χ4n) is 3.32. The number of hydrogen-bond acceptors (Lipinski definition) is 5. The largest absolute Gasteiger partial charge is 0.215 e. The third-order valence-electron chi connectivity index (χ3n) is 4.60. The van der Waals surface area contributed by atoms with Crippen LogP contribution in [0.25, 0.3) is 16.4 Å². The number of aryl methyl sites for hydroxylation is 1. The molecule has 1 aliphatic carbocycles. The number of nitriles is 1. The average Bonchev–Trinajstić information content (AvgIpc) is 3.20. The van der Waals surface area contributed by atoms with E-state index in [1.807, 2.05) is 4.68 Å². The van der Waals surface area contributed by atoms with E-state index in [4.69, 9.17) is 0 Å². The average molecular weight is 367 g/mol. The lowest BCUT2D eigenvalue weighted by Gasteiger charge is -2.06. The summed E-state index contributed by atoms with van der Waals surface area (Å²) < 4.78 is 1.84. The van der Waals surface area contributed by atoms with Crippen LogP contribution in [0.15, 0.2) is 35.5 Å². The number of benzene rings is 1. The highest BCUT2D eigenvalue weighted by atomic mass is 32.2. The smallest absolute Gasteiger partial charge is 0.164 e. The van der Waals surface area contributed by atoms with Gasteiger partial charge in [-0.25, -0.2) is 9.67 Å².